The highest BCUT2D eigenvalue weighted by Crippen LogP contribution is 2.29. The molecule has 0 amide bonds. The zero-order chi connectivity index (χ0) is 23.6. The molecular weight excluding hydrogens is 426 g/mol. The molecule has 2 aromatic carbocycles. The predicted octanol–water partition coefficient (Wildman–Crippen LogP) is 3.56. The molecule has 1 aromatic heterocycles. The molecule has 0 aliphatic rings. The van der Waals surface area contributed by atoms with Crippen LogP contribution in [-0.4, -0.2) is 56.9 Å². The van der Waals surface area contributed by atoms with Crippen LogP contribution in [0.5, 0.6) is 23.0 Å². The van der Waals surface area contributed by atoms with Crippen LogP contribution in [0.25, 0.3) is 0 Å². The lowest BCUT2D eigenvalue weighted by Crippen LogP contribution is -2.35. The molecule has 0 spiro atoms. The number of hydrogen-bond acceptors (Lipinski definition) is 8. The van der Waals surface area contributed by atoms with Gasteiger partial charge in [-0.15, -0.1) is 0 Å². The predicted molar refractivity (Wildman–Crippen MR) is 122 cm³/mol. The fourth-order valence-corrected chi connectivity index (χ4v) is 3.46. The highest BCUT2D eigenvalue weighted by molar-refractivity contribution is 5.76. The number of aldehydes is 1. The number of ether oxygens (including phenoxy) is 4. The molecule has 3 rings (SSSR count). The third-order valence-corrected chi connectivity index (χ3v) is 5.04. The van der Waals surface area contributed by atoms with Gasteiger partial charge in [0.05, 0.1) is 34.1 Å². The summed E-state index contributed by atoms with van der Waals surface area (Å²) in [6.07, 6.45) is 1.58. The summed E-state index contributed by atoms with van der Waals surface area (Å²) in [5, 5.41) is 10.7. The minimum atomic E-state index is -0.782. The molecule has 176 valence electrons. The molecule has 1 atom stereocenters. The van der Waals surface area contributed by atoms with Gasteiger partial charge in [-0.3, -0.25) is 9.69 Å². The smallest absolute Gasteiger partial charge is 0.161 e. The van der Waals surface area contributed by atoms with Gasteiger partial charge in [-0.1, -0.05) is 6.07 Å². The first-order chi connectivity index (χ1) is 16.1. The van der Waals surface area contributed by atoms with Crippen LogP contribution in [0.3, 0.4) is 0 Å². The second kappa shape index (κ2) is 11.9. The molecule has 0 saturated heterocycles. The van der Waals surface area contributed by atoms with Gasteiger partial charge >= 0.3 is 0 Å². The van der Waals surface area contributed by atoms with Crippen LogP contribution < -0.4 is 18.9 Å². The maximum Gasteiger partial charge on any atom is 0.161 e. The standard InChI is InChI=1S/C25H29NO7/c1-29-22-8-6-18(11-24(22)30-2)13-26(15-21-5-4-10-32-21)14-20(28)17-33-23-9-7-19(16-27)12-25(23)31-3/h4-12,16,20,28H,13-15,17H2,1-3H3. The Kier molecular flexibility index (Phi) is 8.74. The maximum absolute atomic E-state index is 11.0. The molecule has 0 bridgehead atoms. The third kappa shape index (κ3) is 6.74. The SMILES string of the molecule is COc1ccc(CN(Cc2ccco2)CC(O)COc2ccc(C=O)cc2OC)cc1OC. The first-order valence-electron chi connectivity index (χ1n) is 10.5. The van der Waals surface area contributed by atoms with Crippen molar-refractivity contribution >= 4 is 6.29 Å². The second-order valence-corrected chi connectivity index (χ2v) is 7.43. The monoisotopic (exact) mass is 455 g/mol. The molecule has 1 N–H and O–H groups in total. The number of aliphatic hydroxyl groups is 1. The summed E-state index contributed by atoms with van der Waals surface area (Å²) < 4.78 is 27.3. The Morgan fingerprint density at radius 3 is 2.33 bits per heavy atom. The number of hydrogen-bond donors (Lipinski definition) is 1. The van der Waals surface area contributed by atoms with Crippen LogP contribution in [0, 0.1) is 0 Å². The van der Waals surface area contributed by atoms with E-state index in [4.69, 9.17) is 23.4 Å². The van der Waals surface area contributed by atoms with Crippen LogP contribution in [0.15, 0.2) is 59.2 Å². The molecule has 0 radical (unpaired) electrons. The van der Waals surface area contributed by atoms with Gasteiger partial charge in [0.25, 0.3) is 0 Å². The van der Waals surface area contributed by atoms with Crippen LogP contribution in [0.1, 0.15) is 21.7 Å². The van der Waals surface area contributed by atoms with Gasteiger partial charge in [-0.25, -0.2) is 0 Å². The van der Waals surface area contributed by atoms with Crippen molar-refractivity contribution in [2.45, 2.75) is 19.2 Å². The molecule has 3 aromatic rings. The summed E-state index contributed by atoms with van der Waals surface area (Å²) in [5.74, 6) is 2.98. The number of carbonyl (C=O) groups excluding carboxylic acids is 1. The largest absolute Gasteiger partial charge is 0.493 e. The third-order valence-electron chi connectivity index (χ3n) is 5.04. The molecule has 0 saturated carbocycles. The Hall–Kier alpha value is -3.49. The quantitative estimate of drug-likeness (QED) is 0.391. The Balaban J connectivity index is 1.68. The van der Waals surface area contributed by atoms with Gasteiger partial charge in [0, 0.05) is 18.7 Å². The van der Waals surface area contributed by atoms with Crippen molar-refractivity contribution in [3.8, 4) is 23.0 Å². The lowest BCUT2D eigenvalue weighted by molar-refractivity contribution is 0.0595. The summed E-state index contributed by atoms with van der Waals surface area (Å²) in [5.41, 5.74) is 1.48. The van der Waals surface area contributed by atoms with Crippen LogP contribution in [0.2, 0.25) is 0 Å². The molecule has 1 unspecified atom stereocenters. The van der Waals surface area contributed by atoms with Gasteiger partial charge in [0.2, 0.25) is 0 Å². The van der Waals surface area contributed by atoms with Gasteiger partial charge < -0.3 is 28.5 Å². The van der Waals surface area contributed by atoms with Crippen LogP contribution >= 0.6 is 0 Å². The van der Waals surface area contributed by atoms with E-state index in [2.05, 4.69) is 4.90 Å². The molecule has 8 nitrogen and oxygen atoms in total. The first kappa shape index (κ1) is 24.2. The number of aliphatic hydroxyl groups excluding tert-OH is 1. The van der Waals surface area contributed by atoms with Crippen molar-refractivity contribution in [2.24, 2.45) is 0 Å². The topological polar surface area (TPSA) is 90.6 Å². The summed E-state index contributed by atoms with van der Waals surface area (Å²) in [6, 6.07) is 14.3. The van der Waals surface area contributed by atoms with E-state index in [-0.39, 0.29) is 6.61 Å². The van der Waals surface area contributed by atoms with Crippen molar-refractivity contribution in [1.29, 1.82) is 0 Å². The van der Waals surface area contributed by atoms with Gasteiger partial charge in [0.1, 0.15) is 24.8 Å². The molecule has 33 heavy (non-hydrogen) atoms. The average Bonchev–Trinajstić information content (AvgIpc) is 3.35. The molecular formula is C25H29NO7. The highest BCUT2D eigenvalue weighted by atomic mass is 16.5. The zero-order valence-electron chi connectivity index (χ0n) is 19.0. The number of furan rings is 1. The Bertz CT molecular complexity index is 1020. The van der Waals surface area contributed by atoms with E-state index in [1.54, 1.807) is 38.7 Å². The fourth-order valence-electron chi connectivity index (χ4n) is 3.46. The Morgan fingerprint density at radius 2 is 1.67 bits per heavy atom. The van der Waals surface area contributed by atoms with E-state index in [1.165, 1.54) is 7.11 Å². The summed E-state index contributed by atoms with van der Waals surface area (Å²) >= 11 is 0. The Morgan fingerprint density at radius 1 is 0.939 bits per heavy atom. The van der Waals surface area contributed by atoms with Crippen LogP contribution in [0.4, 0.5) is 0 Å². The number of nitrogens with zero attached hydrogens (tertiary/aromatic N) is 1. The van der Waals surface area contributed by atoms with E-state index in [1.807, 2.05) is 30.3 Å². The molecule has 8 heteroatoms. The second-order valence-electron chi connectivity index (χ2n) is 7.43. The van der Waals surface area contributed by atoms with E-state index < -0.39 is 6.10 Å². The minimum Gasteiger partial charge on any atom is -0.493 e. The van der Waals surface area contributed by atoms with E-state index >= 15 is 0 Å². The maximum atomic E-state index is 11.0. The van der Waals surface area contributed by atoms with E-state index in [0.29, 0.717) is 48.2 Å². The van der Waals surface area contributed by atoms with Crippen molar-refractivity contribution in [2.75, 3.05) is 34.5 Å². The molecule has 0 aliphatic carbocycles. The molecule has 1 heterocycles. The highest BCUT2D eigenvalue weighted by Gasteiger charge is 2.17. The van der Waals surface area contributed by atoms with Gasteiger partial charge in [-0.05, 0) is 48.0 Å². The Labute approximate surface area is 193 Å². The average molecular weight is 456 g/mol. The summed E-state index contributed by atoms with van der Waals surface area (Å²) in [6.45, 7) is 1.45. The number of carbonyl (C=O) groups is 1. The lowest BCUT2D eigenvalue weighted by atomic mass is 10.1. The van der Waals surface area contributed by atoms with Gasteiger partial charge in [0.15, 0.2) is 23.0 Å². The number of methoxy groups -OCH3 is 3. The van der Waals surface area contributed by atoms with Crippen LogP contribution in [-0.2, 0) is 13.1 Å². The zero-order valence-corrected chi connectivity index (χ0v) is 19.0. The summed E-state index contributed by atoms with van der Waals surface area (Å²) in [7, 11) is 4.69. The normalized spacial score (nSPS) is 11.8. The van der Waals surface area contributed by atoms with Crippen molar-refractivity contribution in [1.82, 2.24) is 4.90 Å². The first-order valence-corrected chi connectivity index (χ1v) is 10.5. The van der Waals surface area contributed by atoms with Crippen molar-refractivity contribution in [3.05, 3.63) is 71.7 Å². The summed E-state index contributed by atoms with van der Waals surface area (Å²) in [4.78, 5) is 13.0. The van der Waals surface area contributed by atoms with E-state index in [9.17, 15) is 9.90 Å². The van der Waals surface area contributed by atoms with Crippen molar-refractivity contribution < 1.29 is 33.3 Å². The lowest BCUT2D eigenvalue weighted by Gasteiger charge is -2.25. The molecule has 0 aliphatic heterocycles. The number of benzene rings is 2. The van der Waals surface area contributed by atoms with Gasteiger partial charge in [-0.2, -0.15) is 0 Å². The van der Waals surface area contributed by atoms with E-state index in [0.717, 1.165) is 17.6 Å². The number of rotatable bonds is 13. The minimum absolute atomic E-state index is 0.0530. The van der Waals surface area contributed by atoms with Crippen molar-refractivity contribution in [3.63, 3.8) is 0 Å². The fraction of sp³-hybridized carbons (Fsp3) is 0.320. The molecule has 0 fully saturated rings.